The van der Waals surface area contributed by atoms with Crippen molar-refractivity contribution >= 4 is 40.6 Å². The van der Waals surface area contributed by atoms with Crippen molar-refractivity contribution in [2.45, 2.75) is 6.92 Å². The number of nitrogens with zero attached hydrogens (tertiary/aromatic N) is 1. The van der Waals surface area contributed by atoms with E-state index in [-0.39, 0.29) is 16.3 Å². The van der Waals surface area contributed by atoms with Crippen LogP contribution in [0.2, 0.25) is 0 Å². The molecule has 1 heterocycles. The highest BCUT2D eigenvalue weighted by Crippen LogP contribution is 2.37. The van der Waals surface area contributed by atoms with E-state index in [1.807, 2.05) is 0 Å². The second kappa shape index (κ2) is 8.78. The number of halogens is 1. The summed E-state index contributed by atoms with van der Waals surface area (Å²) in [5, 5.41) is 8.27. The van der Waals surface area contributed by atoms with E-state index >= 15 is 0 Å². The maximum Gasteiger partial charge on any atom is 0.341 e. The van der Waals surface area contributed by atoms with Gasteiger partial charge in [0.05, 0.1) is 17.2 Å². The van der Waals surface area contributed by atoms with E-state index in [1.54, 1.807) is 19.1 Å². The first kappa shape index (κ1) is 20.4. The molecule has 9 heteroatoms. The number of hydrogen-bond acceptors (Lipinski definition) is 6. The Kier molecular flexibility index (Phi) is 6.18. The average molecular weight is 417 g/mol. The van der Waals surface area contributed by atoms with Gasteiger partial charge in [-0.3, -0.25) is 9.59 Å². The molecular weight excluding hydrogens is 401 g/mol. The number of benzene rings is 2. The predicted octanol–water partition coefficient (Wildman–Crippen LogP) is 3.93. The number of carbonyl (C=O) groups is 3. The van der Waals surface area contributed by atoms with Crippen LogP contribution in [0.5, 0.6) is 11.5 Å². The molecule has 2 aromatic carbocycles. The molecule has 0 unspecified atom stereocenters. The van der Waals surface area contributed by atoms with Gasteiger partial charge in [-0.2, -0.15) is 0 Å². The van der Waals surface area contributed by atoms with Crippen molar-refractivity contribution in [2.24, 2.45) is 0 Å². The maximum absolute atomic E-state index is 13.1. The van der Waals surface area contributed by atoms with Crippen LogP contribution in [0.4, 0.5) is 14.9 Å². The lowest BCUT2D eigenvalue weighted by Gasteiger charge is -2.12. The fraction of sp³-hybridized carbons (Fsp3) is 0.150. The molecule has 0 spiro atoms. The quantitative estimate of drug-likeness (QED) is 0.682. The maximum atomic E-state index is 13.1. The number of carboxylic acid groups (broad SMARTS) is 1. The number of thioether (sulfide) groups is 1. The number of amides is 2. The fourth-order valence-corrected chi connectivity index (χ4v) is 3.41. The summed E-state index contributed by atoms with van der Waals surface area (Å²) >= 11 is 0.768. The molecule has 150 valence electrons. The zero-order valence-corrected chi connectivity index (χ0v) is 16.1. The summed E-state index contributed by atoms with van der Waals surface area (Å²) in [6, 6.07) is 9.80. The zero-order chi connectivity index (χ0) is 21.0. The normalized spacial score (nSPS) is 15.1. The Bertz CT molecular complexity index is 989. The Balaban J connectivity index is 1.86. The van der Waals surface area contributed by atoms with Crippen molar-refractivity contribution < 1.29 is 33.4 Å². The van der Waals surface area contributed by atoms with Crippen LogP contribution < -0.4 is 14.4 Å². The molecule has 0 aliphatic carbocycles. The number of aliphatic carboxylic acids is 1. The van der Waals surface area contributed by atoms with E-state index in [0.29, 0.717) is 17.9 Å². The third kappa shape index (κ3) is 4.75. The molecule has 0 atom stereocenters. The first-order valence-corrected chi connectivity index (χ1v) is 9.35. The van der Waals surface area contributed by atoms with E-state index < -0.39 is 29.5 Å². The topological polar surface area (TPSA) is 93.1 Å². The van der Waals surface area contributed by atoms with Gasteiger partial charge in [0.25, 0.3) is 11.1 Å². The number of anilines is 1. The summed E-state index contributed by atoms with van der Waals surface area (Å²) in [7, 11) is 0. The number of ether oxygens (including phenoxy) is 2. The molecule has 0 saturated carbocycles. The van der Waals surface area contributed by atoms with E-state index in [0.717, 1.165) is 16.7 Å². The van der Waals surface area contributed by atoms with Crippen LogP contribution in [-0.2, 0) is 9.59 Å². The third-order valence-corrected chi connectivity index (χ3v) is 4.66. The van der Waals surface area contributed by atoms with Gasteiger partial charge in [0.2, 0.25) is 0 Å². The summed E-state index contributed by atoms with van der Waals surface area (Å²) < 4.78 is 23.8. The summed E-state index contributed by atoms with van der Waals surface area (Å²) in [5.41, 5.74) is 0.852. The molecule has 2 aromatic rings. The summed E-state index contributed by atoms with van der Waals surface area (Å²) in [6.45, 7) is 1.58. The second-order valence-electron chi connectivity index (χ2n) is 5.82. The van der Waals surface area contributed by atoms with Crippen LogP contribution in [0, 0.1) is 5.82 Å². The molecule has 1 aliphatic rings. The lowest BCUT2D eigenvalue weighted by Crippen LogP contribution is -2.27. The highest BCUT2D eigenvalue weighted by Gasteiger charge is 2.36. The Hall–Kier alpha value is -3.33. The highest BCUT2D eigenvalue weighted by molar-refractivity contribution is 8.19. The van der Waals surface area contributed by atoms with Crippen molar-refractivity contribution in [1.29, 1.82) is 0 Å². The largest absolute Gasteiger partial charge is 0.490 e. The number of carbonyl (C=O) groups excluding carboxylic acids is 2. The van der Waals surface area contributed by atoms with Crippen LogP contribution >= 0.6 is 11.8 Å². The van der Waals surface area contributed by atoms with Crippen LogP contribution in [0.15, 0.2) is 47.4 Å². The summed E-state index contributed by atoms with van der Waals surface area (Å²) in [6.07, 6.45) is 1.53. The Morgan fingerprint density at radius 1 is 1.14 bits per heavy atom. The molecule has 29 heavy (non-hydrogen) atoms. The van der Waals surface area contributed by atoms with Crippen molar-refractivity contribution in [3.05, 3.63) is 58.8 Å². The molecule has 1 aliphatic heterocycles. The predicted molar refractivity (Wildman–Crippen MR) is 106 cm³/mol. The van der Waals surface area contributed by atoms with Crippen LogP contribution in [0.25, 0.3) is 6.08 Å². The van der Waals surface area contributed by atoms with Crippen LogP contribution in [-0.4, -0.2) is 35.4 Å². The third-order valence-electron chi connectivity index (χ3n) is 3.80. The van der Waals surface area contributed by atoms with E-state index in [1.165, 1.54) is 36.4 Å². The molecule has 1 saturated heterocycles. The zero-order valence-electron chi connectivity index (χ0n) is 15.3. The number of carboxylic acids is 1. The molecular formula is C20H16FNO6S. The monoisotopic (exact) mass is 417 g/mol. The lowest BCUT2D eigenvalue weighted by atomic mass is 10.1. The average Bonchev–Trinajstić information content (AvgIpc) is 2.95. The molecule has 7 nitrogen and oxygen atoms in total. The van der Waals surface area contributed by atoms with Crippen molar-refractivity contribution in [2.75, 3.05) is 18.1 Å². The van der Waals surface area contributed by atoms with E-state index in [4.69, 9.17) is 14.6 Å². The molecule has 2 amide bonds. The minimum Gasteiger partial charge on any atom is -0.490 e. The molecule has 3 rings (SSSR count). The van der Waals surface area contributed by atoms with Gasteiger partial charge in [0.1, 0.15) is 5.82 Å². The smallest absolute Gasteiger partial charge is 0.341 e. The van der Waals surface area contributed by atoms with Gasteiger partial charge in [0.15, 0.2) is 18.1 Å². The first-order chi connectivity index (χ1) is 13.9. The van der Waals surface area contributed by atoms with Gasteiger partial charge >= 0.3 is 5.97 Å². The molecule has 1 N–H and O–H groups in total. The number of rotatable bonds is 7. The molecule has 1 fully saturated rings. The minimum atomic E-state index is -1.12. The second-order valence-corrected chi connectivity index (χ2v) is 6.81. The Labute approximate surface area is 169 Å². The van der Waals surface area contributed by atoms with Crippen molar-refractivity contribution in [3.63, 3.8) is 0 Å². The molecule has 0 aromatic heterocycles. The van der Waals surface area contributed by atoms with E-state index in [2.05, 4.69) is 0 Å². The minimum absolute atomic E-state index is 0.195. The van der Waals surface area contributed by atoms with Gasteiger partial charge in [-0.15, -0.1) is 0 Å². The highest BCUT2D eigenvalue weighted by atomic mass is 32.2. The van der Waals surface area contributed by atoms with Crippen LogP contribution in [0.3, 0.4) is 0 Å². The van der Waals surface area contributed by atoms with Gasteiger partial charge in [-0.1, -0.05) is 6.07 Å². The lowest BCUT2D eigenvalue weighted by molar-refractivity contribution is -0.139. The van der Waals surface area contributed by atoms with E-state index in [9.17, 15) is 18.8 Å². The molecule has 0 radical (unpaired) electrons. The first-order valence-electron chi connectivity index (χ1n) is 8.54. The molecule has 0 bridgehead atoms. The van der Waals surface area contributed by atoms with Gasteiger partial charge in [0, 0.05) is 0 Å². The number of imide groups is 1. The van der Waals surface area contributed by atoms with Gasteiger partial charge in [-0.25, -0.2) is 14.1 Å². The van der Waals surface area contributed by atoms with Crippen molar-refractivity contribution in [3.8, 4) is 11.5 Å². The van der Waals surface area contributed by atoms with Crippen molar-refractivity contribution in [1.82, 2.24) is 0 Å². The fourth-order valence-electron chi connectivity index (χ4n) is 2.57. The summed E-state index contributed by atoms with van der Waals surface area (Å²) in [4.78, 5) is 36.8. The van der Waals surface area contributed by atoms with Gasteiger partial charge < -0.3 is 14.6 Å². The Morgan fingerprint density at radius 3 is 2.52 bits per heavy atom. The SMILES string of the molecule is CCOc1cc(/C=C2/SC(=O)N(c3ccc(F)cc3)C2=O)ccc1OCC(=O)O. The van der Waals surface area contributed by atoms with Crippen LogP contribution in [0.1, 0.15) is 12.5 Å². The standard InChI is InChI=1S/C20H16FNO6S/c1-2-27-16-9-12(3-8-15(16)28-11-18(23)24)10-17-19(25)22(20(26)29-17)14-6-4-13(21)5-7-14/h3-10H,2,11H2,1H3,(H,23,24)/b17-10+. The number of hydrogen-bond donors (Lipinski definition) is 1. The van der Waals surface area contributed by atoms with Gasteiger partial charge in [-0.05, 0) is 66.7 Å². The summed E-state index contributed by atoms with van der Waals surface area (Å²) in [5.74, 6) is -1.53. The Morgan fingerprint density at radius 2 is 1.86 bits per heavy atom.